The van der Waals surface area contributed by atoms with Gasteiger partial charge in [0.25, 0.3) is 0 Å². The lowest BCUT2D eigenvalue weighted by Gasteiger charge is -2.15. The number of carbonyl (C=O) groups excluding carboxylic acids is 1. The molecule has 8 heteroatoms. The fraction of sp³-hybridized carbons (Fsp3) is 0.194. The number of ether oxygens (including phenoxy) is 1. The third-order valence-electron chi connectivity index (χ3n) is 7.14. The van der Waals surface area contributed by atoms with E-state index in [0.717, 1.165) is 44.8 Å². The summed E-state index contributed by atoms with van der Waals surface area (Å²) in [6, 6.07) is 33.7. The Labute approximate surface area is 258 Å². The number of alkyl carbamates (subject to hydrolysis) is 1. The number of benzene rings is 3. The maximum atomic E-state index is 12.4. The Kier molecular flexibility index (Phi) is 11.0. The fourth-order valence-electron chi connectivity index (χ4n) is 4.83. The SMILES string of the molecule is O=C(NCCc1cc(CNCc2ccccn2)c(O)c(CNCc2ccccn2)c1)OCc1ccc(-c2ccccc2)cc1. The minimum absolute atomic E-state index is 0.193. The van der Waals surface area contributed by atoms with Crippen LogP contribution in [-0.2, 0) is 43.9 Å². The average molecular weight is 588 g/mol. The number of nitrogens with one attached hydrogen (secondary N) is 3. The number of aromatic nitrogens is 2. The number of hydrogen-bond acceptors (Lipinski definition) is 7. The molecule has 224 valence electrons. The van der Waals surface area contributed by atoms with E-state index in [1.807, 2.05) is 91.0 Å². The number of rotatable bonds is 14. The number of hydrogen-bond donors (Lipinski definition) is 4. The molecule has 44 heavy (non-hydrogen) atoms. The minimum atomic E-state index is -0.467. The van der Waals surface area contributed by atoms with Gasteiger partial charge in [0.15, 0.2) is 0 Å². The molecule has 0 saturated carbocycles. The fourth-order valence-corrected chi connectivity index (χ4v) is 4.83. The van der Waals surface area contributed by atoms with Gasteiger partial charge in [0.05, 0.1) is 11.4 Å². The van der Waals surface area contributed by atoms with Crippen LogP contribution in [0.4, 0.5) is 4.79 Å². The number of aromatic hydroxyl groups is 1. The Morgan fingerprint density at radius 3 is 1.80 bits per heavy atom. The molecule has 0 atom stereocenters. The van der Waals surface area contributed by atoms with Crippen LogP contribution in [0.25, 0.3) is 11.1 Å². The summed E-state index contributed by atoms with van der Waals surface area (Å²) >= 11 is 0. The lowest BCUT2D eigenvalue weighted by atomic mass is 10.0. The van der Waals surface area contributed by atoms with Gasteiger partial charge in [-0.3, -0.25) is 9.97 Å². The van der Waals surface area contributed by atoms with Crippen LogP contribution in [0.5, 0.6) is 5.75 Å². The zero-order valence-corrected chi connectivity index (χ0v) is 24.6. The number of nitrogens with zero attached hydrogens (tertiary/aromatic N) is 2. The first-order chi connectivity index (χ1) is 21.6. The second-order valence-corrected chi connectivity index (χ2v) is 10.4. The molecule has 2 heterocycles. The van der Waals surface area contributed by atoms with Crippen molar-refractivity contribution in [2.75, 3.05) is 6.54 Å². The van der Waals surface area contributed by atoms with Gasteiger partial charge in [-0.1, -0.05) is 78.9 Å². The summed E-state index contributed by atoms with van der Waals surface area (Å²) in [6.07, 6.45) is 3.65. The van der Waals surface area contributed by atoms with Crippen molar-refractivity contribution in [3.63, 3.8) is 0 Å². The van der Waals surface area contributed by atoms with Crippen molar-refractivity contribution in [2.24, 2.45) is 0 Å². The van der Waals surface area contributed by atoms with Gasteiger partial charge in [0.1, 0.15) is 12.4 Å². The molecule has 0 aliphatic rings. The largest absolute Gasteiger partial charge is 0.507 e. The van der Waals surface area contributed by atoms with Gasteiger partial charge in [-0.05, 0) is 52.9 Å². The molecule has 5 rings (SSSR count). The predicted molar refractivity (Wildman–Crippen MR) is 171 cm³/mol. The smallest absolute Gasteiger partial charge is 0.407 e. The highest BCUT2D eigenvalue weighted by molar-refractivity contribution is 5.67. The first-order valence-corrected chi connectivity index (χ1v) is 14.7. The van der Waals surface area contributed by atoms with E-state index in [1.54, 1.807) is 12.4 Å². The monoisotopic (exact) mass is 587 g/mol. The molecule has 3 aromatic carbocycles. The van der Waals surface area contributed by atoms with E-state index in [0.29, 0.717) is 39.1 Å². The number of phenols is 1. The Morgan fingerprint density at radius 1 is 0.659 bits per heavy atom. The standard InChI is InChI=1S/C36H37N5O3/c42-35-31(22-37-24-33-10-4-6-17-39-33)20-28(21-32(35)23-38-25-34-11-5-7-18-40-34)16-19-41-36(43)44-26-27-12-14-30(15-13-27)29-8-2-1-3-9-29/h1-15,17-18,20-21,37-38,42H,16,19,22-26H2,(H,41,43). The zero-order valence-electron chi connectivity index (χ0n) is 24.6. The highest BCUT2D eigenvalue weighted by Gasteiger charge is 2.12. The maximum Gasteiger partial charge on any atom is 0.407 e. The van der Waals surface area contributed by atoms with Gasteiger partial charge >= 0.3 is 6.09 Å². The highest BCUT2D eigenvalue weighted by atomic mass is 16.5. The molecule has 0 aliphatic heterocycles. The number of amides is 1. The number of phenolic OH excluding ortho intramolecular Hbond substituents is 1. The zero-order chi connectivity index (χ0) is 30.4. The van der Waals surface area contributed by atoms with E-state index in [1.165, 1.54) is 0 Å². The summed E-state index contributed by atoms with van der Waals surface area (Å²) in [6.45, 7) is 2.71. The van der Waals surface area contributed by atoms with E-state index in [-0.39, 0.29) is 12.4 Å². The normalized spacial score (nSPS) is 10.8. The molecule has 0 spiro atoms. The maximum absolute atomic E-state index is 12.4. The third-order valence-corrected chi connectivity index (χ3v) is 7.14. The Hall–Kier alpha value is -5.05. The van der Waals surface area contributed by atoms with Gasteiger partial charge in [0, 0.05) is 56.2 Å². The van der Waals surface area contributed by atoms with Crippen molar-refractivity contribution in [3.8, 4) is 16.9 Å². The second-order valence-electron chi connectivity index (χ2n) is 10.4. The summed E-state index contributed by atoms with van der Waals surface area (Å²) in [5.74, 6) is 0.251. The first-order valence-electron chi connectivity index (χ1n) is 14.7. The van der Waals surface area contributed by atoms with E-state index >= 15 is 0 Å². The summed E-state index contributed by atoms with van der Waals surface area (Å²) in [7, 11) is 0. The van der Waals surface area contributed by atoms with Gasteiger partial charge in [-0.25, -0.2) is 4.79 Å². The molecule has 0 fully saturated rings. The molecule has 0 saturated heterocycles. The summed E-state index contributed by atoms with van der Waals surface area (Å²) in [5, 5.41) is 20.7. The lowest BCUT2D eigenvalue weighted by molar-refractivity contribution is 0.140. The van der Waals surface area contributed by atoms with E-state index < -0.39 is 6.09 Å². The van der Waals surface area contributed by atoms with Gasteiger partial charge < -0.3 is 25.8 Å². The van der Waals surface area contributed by atoms with Crippen LogP contribution in [0.2, 0.25) is 0 Å². The van der Waals surface area contributed by atoms with Crippen LogP contribution in [0.1, 0.15) is 33.6 Å². The van der Waals surface area contributed by atoms with Gasteiger partial charge in [-0.2, -0.15) is 0 Å². The molecule has 0 radical (unpaired) electrons. The highest BCUT2D eigenvalue weighted by Crippen LogP contribution is 2.25. The van der Waals surface area contributed by atoms with Gasteiger partial charge in [-0.15, -0.1) is 0 Å². The molecule has 2 aromatic heterocycles. The molecule has 0 unspecified atom stereocenters. The van der Waals surface area contributed by atoms with Crippen LogP contribution in [-0.4, -0.2) is 27.7 Å². The molecule has 1 amide bonds. The average Bonchev–Trinajstić information content (AvgIpc) is 3.07. The topological polar surface area (TPSA) is 108 Å². The van der Waals surface area contributed by atoms with Crippen LogP contribution in [0.15, 0.2) is 116 Å². The second kappa shape index (κ2) is 16.0. The van der Waals surface area contributed by atoms with E-state index in [2.05, 4.69) is 38.1 Å². The van der Waals surface area contributed by atoms with Crippen molar-refractivity contribution in [1.82, 2.24) is 25.9 Å². The Bertz CT molecular complexity index is 1530. The van der Waals surface area contributed by atoms with Crippen molar-refractivity contribution >= 4 is 6.09 Å². The van der Waals surface area contributed by atoms with Crippen LogP contribution in [0.3, 0.4) is 0 Å². The van der Waals surface area contributed by atoms with Crippen molar-refractivity contribution in [3.05, 3.63) is 149 Å². The Balaban J connectivity index is 1.15. The predicted octanol–water partition coefficient (Wildman–Crippen LogP) is 5.90. The molecule has 4 N–H and O–H groups in total. The number of pyridine rings is 2. The van der Waals surface area contributed by atoms with Crippen LogP contribution < -0.4 is 16.0 Å². The quantitative estimate of drug-likeness (QED) is 0.128. The number of carbonyl (C=O) groups is 1. The molecular formula is C36H37N5O3. The van der Waals surface area contributed by atoms with Crippen molar-refractivity contribution < 1.29 is 14.6 Å². The first kappa shape index (κ1) is 30.4. The minimum Gasteiger partial charge on any atom is -0.507 e. The summed E-state index contributed by atoms with van der Waals surface area (Å²) in [4.78, 5) is 21.1. The van der Waals surface area contributed by atoms with Gasteiger partial charge in [0.2, 0.25) is 0 Å². The van der Waals surface area contributed by atoms with Crippen LogP contribution >= 0.6 is 0 Å². The summed E-state index contributed by atoms with van der Waals surface area (Å²) < 4.78 is 5.45. The third kappa shape index (κ3) is 9.22. The lowest BCUT2D eigenvalue weighted by Crippen LogP contribution is -2.26. The molecule has 0 aliphatic carbocycles. The van der Waals surface area contributed by atoms with Crippen molar-refractivity contribution in [2.45, 2.75) is 39.2 Å². The molecule has 0 bridgehead atoms. The summed E-state index contributed by atoms with van der Waals surface area (Å²) in [5.41, 5.74) is 7.61. The molecule has 8 nitrogen and oxygen atoms in total. The van der Waals surface area contributed by atoms with Crippen molar-refractivity contribution in [1.29, 1.82) is 0 Å². The van der Waals surface area contributed by atoms with E-state index in [4.69, 9.17) is 4.74 Å². The molecule has 5 aromatic rings. The van der Waals surface area contributed by atoms with E-state index in [9.17, 15) is 9.90 Å². The Morgan fingerprint density at radius 2 is 1.23 bits per heavy atom. The molecular weight excluding hydrogens is 550 g/mol. The van der Waals surface area contributed by atoms with Crippen LogP contribution in [0, 0.1) is 0 Å².